The maximum Gasteiger partial charge on any atom is 0.157 e. The minimum Gasteiger partial charge on any atom is -0.652 e. The maximum absolute atomic E-state index is 9.10. The van der Waals surface area contributed by atoms with Crippen molar-refractivity contribution in [1.29, 1.82) is 0 Å². The highest BCUT2D eigenvalue weighted by atomic mass is 16.6. The van der Waals surface area contributed by atoms with Gasteiger partial charge in [0.1, 0.15) is 0 Å². The molecule has 0 bridgehead atoms. The van der Waals surface area contributed by atoms with Crippen LogP contribution >= 0.6 is 0 Å². The second-order valence-corrected chi connectivity index (χ2v) is 3.15. The summed E-state index contributed by atoms with van der Waals surface area (Å²) in [5, 5.41) is 34.7. The van der Waals surface area contributed by atoms with Crippen molar-refractivity contribution in [3.63, 3.8) is 0 Å². The maximum atomic E-state index is 9.10. The molecule has 1 aromatic carbocycles. The Balaban J connectivity index is 0.000000423. The molecular weight excluding hydrogens is 200 g/mol. The Morgan fingerprint density at radius 2 is 1.67 bits per heavy atom. The number of hydrogen-bond acceptors (Lipinski definition) is 5. The minimum atomic E-state index is -2.33. The molecule has 15 heavy (non-hydrogen) atoms. The quantitative estimate of drug-likeness (QED) is 0.626. The summed E-state index contributed by atoms with van der Waals surface area (Å²) in [6.07, 6.45) is -2.33. The molecule has 0 atom stereocenters. The fourth-order valence-electron chi connectivity index (χ4n) is 0.900. The molecular formula is C10H12O5-2. The van der Waals surface area contributed by atoms with Crippen molar-refractivity contribution in [3.8, 4) is 11.5 Å². The Hall–Kier alpha value is -1.91. The molecule has 0 radical (unpaired) electrons. The summed E-state index contributed by atoms with van der Waals surface area (Å²) < 4.78 is 0. The van der Waals surface area contributed by atoms with Gasteiger partial charge in [-0.25, -0.2) is 0 Å². The molecule has 0 aliphatic carbocycles. The van der Waals surface area contributed by atoms with Crippen LogP contribution in [0, 0.1) is 0 Å². The van der Waals surface area contributed by atoms with E-state index >= 15 is 0 Å². The third-order valence-corrected chi connectivity index (χ3v) is 1.67. The predicted octanol–water partition coefficient (Wildman–Crippen LogP) is -0.226. The SMILES string of the molecule is CC(C)c1ccc(O)c(O)c1.O=C([O-])[O-]. The van der Waals surface area contributed by atoms with E-state index in [4.69, 9.17) is 25.2 Å². The summed E-state index contributed by atoms with van der Waals surface area (Å²) in [7, 11) is 0. The number of carboxylic acid groups (broad SMARTS) is 2. The number of aromatic hydroxyl groups is 2. The summed E-state index contributed by atoms with van der Waals surface area (Å²) in [6, 6.07) is 4.89. The molecule has 84 valence electrons. The molecule has 5 nitrogen and oxygen atoms in total. The Labute approximate surface area is 87.2 Å². The zero-order chi connectivity index (χ0) is 12.0. The molecule has 0 spiro atoms. The first-order valence-corrected chi connectivity index (χ1v) is 4.24. The number of hydrogen-bond donors (Lipinski definition) is 2. The van der Waals surface area contributed by atoms with Gasteiger partial charge in [0.05, 0.1) is 0 Å². The Morgan fingerprint density at radius 1 is 1.20 bits per heavy atom. The molecule has 0 amide bonds. The number of carbonyl (C=O) groups excluding carboxylic acids is 1. The van der Waals surface area contributed by atoms with Gasteiger partial charge in [-0.3, -0.25) is 0 Å². The van der Waals surface area contributed by atoms with E-state index in [9.17, 15) is 0 Å². The van der Waals surface area contributed by atoms with Crippen LogP contribution in [0.25, 0.3) is 0 Å². The van der Waals surface area contributed by atoms with Gasteiger partial charge in [-0.15, -0.1) is 0 Å². The number of carbonyl (C=O) groups is 1. The summed E-state index contributed by atoms with van der Waals surface area (Å²) >= 11 is 0. The number of phenolic OH excluding ortho intramolecular Hbond substituents is 2. The lowest BCUT2D eigenvalue weighted by atomic mass is 10.0. The second kappa shape index (κ2) is 5.74. The van der Waals surface area contributed by atoms with Crippen LogP contribution in [-0.2, 0) is 0 Å². The smallest absolute Gasteiger partial charge is 0.157 e. The Bertz CT molecular complexity index is 329. The third-order valence-electron chi connectivity index (χ3n) is 1.67. The van der Waals surface area contributed by atoms with Gasteiger partial charge >= 0.3 is 0 Å². The highest BCUT2D eigenvalue weighted by Crippen LogP contribution is 2.27. The largest absolute Gasteiger partial charge is 0.652 e. The van der Waals surface area contributed by atoms with Crippen molar-refractivity contribution in [3.05, 3.63) is 23.8 Å². The first-order valence-electron chi connectivity index (χ1n) is 4.24. The van der Waals surface area contributed by atoms with E-state index in [2.05, 4.69) is 0 Å². The van der Waals surface area contributed by atoms with E-state index in [0.717, 1.165) is 5.56 Å². The van der Waals surface area contributed by atoms with Crippen molar-refractivity contribution < 1.29 is 25.2 Å². The summed E-state index contributed by atoms with van der Waals surface area (Å²) in [4.78, 5) is 8.33. The Kier molecular flexibility index (Phi) is 5.01. The van der Waals surface area contributed by atoms with Crippen molar-refractivity contribution in [2.45, 2.75) is 19.8 Å². The predicted molar refractivity (Wildman–Crippen MR) is 49.3 cm³/mol. The highest BCUT2D eigenvalue weighted by Gasteiger charge is 2.02. The number of phenols is 2. The summed E-state index contributed by atoms with van der Waals surface area (Å²) in [5.41, 5.74) is 1.03. The molecule has 0 aliphatic rings. The molecule has 0 saturated heterocycles. The van der Waals surface area contributed by atoms with Gasteiger partial charge in [0, 0.05) is 0 Å². The molecule has 2 N–H and O–H groups in total. The van der Waals surface area contributed by atoms with Crippen molar-refractivity contribution in [2.75, 3.05) is 0 Å². The molecule has 0 aliphatic heterocycles. The summed E-state index contributed by atoms with van der Waals surface area (Å²) in [5.74, 6) is 0.270. The molecule has 0 heterocycles. The fraction of sp³-hybridized carbons (Fsp3) is 0.300. The van der Waals surface area contributed by atoms with Crippen LogP contribution in [-0.4, -0.2) is 16.4 Å². The van der Waals surface area contributed by atoms with Gasteiger partial charge < -0.3 is 25.2 Å². The van der Waals surface area contributed by atoms with Gasteiger partial charge in [0.25, 0.3) is 0 Å². The third kappa shape index (κ3) is 5.41. The average molecular weight is 212 g/mol. The number of rotatable bonds is 1. The zero-order valence-electron chi connectivity index (χ0n) is 8.43. The molecule has 5 heteroatoms. The lowest BCUT2D eigenvalue weighted by Crippen LogP contribution is -2.37. The van der Waals surface area contributed by atoms with Crippen LogP contribution in [0.3, 0.4) is 0 Å². The highest BCUT2D eigenvalue weighted by molar-refractivity contribution is 5.47. The van der Waals surface area contributed by atoms with Crippen molar-refractivity contribution >= 4 is 6.16 Å². The normalized spacial score (nSPS) is 9.27. The van der Waals surface area contributed by atoms with E-state index in [0.29, 0.717) is 5.92 Å². The van der Waals surface area contributed by atoms with Crippen LogP contribution in [0.5, 0.6) is 11.5 Å². The van der Waals surface area contributed by atoms with Gasteiger partial charge in [-0.05, 0) is 29.8 Å². The first kappa shape index (κ1) is 13.1. The van der Waals surface area contributed by atoms with E-state index in [-0.39, 0.29) is 11.5 Å². The van der Waals surface area contributed by atoms with Gasteiger partial charge in [0.15, 0.2) is 11.5 Å². The van der Waals surface area contributed by atoms with Gasteiger partial charge in [0.2, 0.25) is 0 Å². The van der Waals surface area contributed by atoms with E-state index in [1.54, 1.807) is 12.1 Å². The standard InChI is InChI=1S/C9H12O2.CH2O3/c1-6(2)7-3-4-8(10)9(11)5-7;2-1(3)4/h3-6,10-11H,1-2H3;(H2,2,3,4)/p-2. The topological polar surface area (TPSA) is 104 Å². The van der Waals surface area contributed by atoms with Crippen LogP contribution in [0.2, 0.25) is 0 Å². The zero-order valence-corrected chi connectivity index (χ0v) is 8.43. The van der Waals surface area contributed by atoms with E-state index in [1.165, 1.54) is 6.07 Å². The molecule has 0 aromatic heterocycles. The summed E-state index contributed by atoms with van der Waals surface area (Å²) in [6.45, 7) is 4.07. The lowest BCUT2D eigenvalue weighted by molar-refractivity contribution is -0.415. The van der Waals surface area contributed by atoms with Gasteiger partial charge in [-0.1, -0.05) is 19.9 Å². The van der Waals surface area contributed by atoms with Crippen molar-refractivity contribution in [1.82, 2.24) is 0 Å². The number of benzene rings is 1. The lowest BCUT2D eigenvalue weighted by Gasteiger charge is -2.05. The van der Waals surface area contributed by atoms with Crippen LogP contribution < -0.4 is 10.2 Å². The molecule has 0 unspecified atom stereocenters. The van der Waals surface area contributed by atoms with Crippen LogP contribution in [0.1, 0.15) is 25.3 Å². The average Bonchev–Trinajstić information content (AvgIpc) is 2.08. The van der Waals surface area contributed by atoms with Gasteiger partial charge in [-0.2, -0.15) is 0 Å². The fourth-order valence-corrected chi connectivity index (χ4v) is 0.900. The van der Waals surface area contributed by atoms with Crippen LogP contribution in [0.15, 0.2) is 18.2 Å². The minimum absolute atomic E-state index is 0.0452. The second-order valence-electron chi connectivity index (χ2n) is 3.15. The van der Waals surface area contributed by atoms with Crippen molar-refractivity contribution in [2.24, 2.45) is 0 Å². The van der Waals surface area contributed by atoms with E-state index < -0.39 is 6.16 Å². The molecule has 0 fully saturated rings. The molecule has 0 saturated carbocycles. The molecule has 1 rings (SSSR count). The monoisotopic (exact) mass is 212 g/mol. The Morgan fingerprint density at radius 3 is 2.00 bits per heavy atom. The molecule has 1 aromatic rings. The first-order chi connectivity index (χ1) is 6.84. The van der Waals surface area contributed by atoms with E-state index in [1.807, 2.05) is 13.8 Å². The van der Waals surface area contributed by atoms with Crippen LogP contribution in [0.4, 0.5) is 4.79 Å².